The molecule has 4 saturated carbocycles. The van der Waals surface area contributed by atoms with Gasteiger partial charge < -0.3 is 45.8 Å². The van der Waals surface area contributed by atoms with Gasteiger partial charge in [0.2, 0.25) is 0 Å². The Labute approximate surface area is 243 Å². The fourth-order valence-corrected chi connectivity index (χ4v) is 10.8. The normalized spacial score (nSPS) is 54.0. The molecule has 10 nitrogen and oxygen atoms in total. The first-order valence-electron chi connectivity index (χ1n) is 15.7. The van der Waals surface area contributed by atoms with E-state index in [0.29, 0.717) is 25.2 Å². The van der Waals surface area contributed by atoms with Crippen molar-refractivity contribution in [2.45, 2.75) is 127 Å². The van der Waals surface area contributed by atoms with Crippen LogP contribution in [0.1, 0.15) is 85.0 Å². The summed E-state index contributed by atoms with van der Waals surface area (Å²) in [6, 6.07) is 0. The molecule has 236 valence electrons. The Kier molecular flexibility index (Phi) is 8.43. The molecule has 0 spiro atoms. The molecule has 10 heteroatoms. The molecule has 0 aromatic rings. The average Bonchev–Trinajstić information content (AvgIpc) is 3.28. The molecule has 41 heavy (non-hydrogen) atoms. The fraction of sp³-hybridized carbons (Fsp3) is 0.968. The molecule has 1 unspecified atom stereocenters. The van der Waals surface area contributed by atoms with Gasteiger partial charge in [0.05, 0.1) is 19.3 Å². The summed E-state index contributed by atoms with van der Waals surface area (Å²) in [5.74, 6) is 0.229. The predicted molar refractivity (Wildman–Crippen MR) is 149 cm³/mol. The number of aliphatic hydroxyl groups is 6. The number of methoxy groups -OCH3 is 1. The lowest BCUT2D eigenvalue weighted by atomic mass is 9.40. The molecular weight excluding hydrogens is 530 g/mol. The Bertz CT molecular complexity index is 977. The minimum absolute atomic E-state index is 0.0805. The Morgan fingerprint density at radius 1 is 0.976 bits per heavy atom. The topological polar surface area (TPSA) is 183 Å². The molecule has 5 rings (SSSR count). The molecule has 0 aromatic heterocycles. The zero-order chi connectivity index (χ0) is 30.1. The van der Waals surface area contributed by atoms with Gasteiger partial charge in [-0.25, -0.2) is 0 Å². The van der Waals surface area contributed by atoms with Gasteiger partial charge in [0, 0.05) is 6.42 Å². The van der Waals surface area contributed by atoms with Gasteiger partial charge in [0.1, 0.15) is 36.2 Å². The molecule has 5 fully saturated rings. The summed E-state index contributed by atoms with van der Waals surface area (Å²) in [6.45, 7) is 6.24. The van der Waals surface area contributed by atoms with Crippen molar-refractivity contribution in [2.75, 3.05) is 13.7 Å². The van der Waals surface area contributed by atoms with Crippen LogP contribution in [0.5, 0.6) is 0 Å². The van der Waals surface area contributed by atoms with Crippen molar-refractivity contribution in [1.82, 2.24) is 0 Å². The maximum atomic E-state index is 13.0. The van der Waals surface area contributed by atoms with Crippen LogP contribution in [0.3, 0.4) is 0 Å². The van der Waals surface area contributed by atoms with Gasteiger partial charge in [0.25, 0.3) is 0 Å². The number of carbonyl (C=O) groups excluding carboxylic acids is 1. The standard InChI is InChI=1S/C31H53NO9/c1-16(5-8-22(34)40-4)18-6-7-19-23-20(9-10-29(18,19)3)28(2)11-12-30(32,38)13-17(28)14-31(23,39)27-26(37)25(36)24(35)21(15-33)41-27/h16-21,23-27,33,35-39H,5-15,32H2,1-4H3/t16-,17?,18-,19+,20+,21-,23+,24-,25+,26-,27-,28+,29-,30-,31-/m1/s1. The molecule has 0 amide bonds. The second-order valence-electron chi connectivity index (χ2n) is 15.0. The Morgan fingerprint density at radius 3 is 2.32 bits per heavy atom. The van der Waals surface area contributed by atoms with Crippen molar-refractivity contribution in [3.63, 3.8) is 0 Å². The van der Waals surface area contributed by atoms with Crippen LogP contribution in [-0.4, -0.2) is 92.2 Å². The highest BCUT2D eigenvalue weighted by atomic mass is 16.6. The predicted octanol–water partition coefficient (Wildman–Crippen LogP) is 1.07. The molecule has 1 saturated heterocycles. The Morgan fingerprint density at radius 2 is 1.66 bits per heavy atom. The number of nitrogens with two attached hydrogens (primary N) is 1. The Balaban J connectivity index is 1.54. The summed E-state index contributed by atoms with van der Waals surface area (Å²) in [5, 5.41) is 66.3. The van der Waals surface area contributed by atoms with E-state index in [1.165, 1.54) is 7.11 Å². The first-order valence-corrected chi connectivity index (χ1v) is 15.7. The first-order chi connectivity index (χ1) is 19.1. The molecule has 0 aromatic carbocycles. The van der Waals surface area contributed by atoms with E-state index in [1.807, 2.05) is 0 Å². The highest BCUT2D eigenvalue weighted by Gasteiger charge is 2.70. The fourth-order valence-electron chi connectivity index (χ4n) is 10.8. The number of rotatable bonds is 6. The third-order valence-corrected chi connectivity index (χ3v) is 13.1. The van der Waals surface area contributed by atoms with Gasteiger partial charge in [-0.05, 0) is 104 Å². The van der Waals surface area contributed by atoms with Gasteiger partial charge in [-0.3, -0.25) is 4.79 Å². The van der Waals surface area contributed by atoms with Crippen LogP contribution < -0.4 is 5.73 Å². The number of esters is 1. The zero-order valence-electron chi connectivity index (χ0n) is 25.1. The Hall–Kier alpha value is -0.850. The van der Waals surface area contributed by atoms with Crippen LogP contribution in [0, 0.1) is 46.3 Å². The molecule has 1 aliphatic heterocycles. The largest absolute Gasteiger partial charge is 0.469 e. The number of aliphatic hydroxyl groups excluding tert-OH is 4. The van der Waals surface area contributed by atoms with E-state index < -0.39 is 48.5 Å². The lowest BCUT2D eigenvalue weighted by Gasteiger charge is -2.68. The van der Waals surface area contributed by atoms with Gasteiger partial charge in [-0.2, -0.15) is 0 Å². The minimum Gasteiger partial charge on any atom is -0.469 e. The maximum absolute atomic E-state index is 13.0. The van der Waals surface area contributed by atoms with Gasteiger partial charge in [-0.1, -0.05) is 20.8 Å². The van der Waals surface area contributed by atoms with Crippen LogP contribution in [-0.2, 0) is 14.3 Å². The average molecular weight is 584 g/mol. The monoisotopic (exact) mass is 583 g/mol. The summed E-state index contributed by atoms with van der Waals surface area (Å²) in [6.07, 6.45) is -0.372. The van der Waals surface area contributed by atoms with Crippen LogP contribution in [0.25, 0.3) is 0 Å². The first kappa shape index (κ1) is 31.6. The van der Waals surface area contributed by atoms with Crippen molar-refractivity contribution in [3.8, 4) is 0 Å². The third-order valence-electron chi connectivity index (χ3n) is 13.1. The van der Waals surface area contributed by atoms with Crippen molar-refractivity contribution in [3.05, 3.63) is 0 Å². The van der Waals surface area contributed by atoms with Crippen molar-refractivity contribution in [2.24, 2.45) is 52.1 Å². The quantitative estimate of drug-likeness (QED) is 0.176. The van der Waals surface area contributed by atoms with Gasteiger partial charge in [0.15, 0.2) is 0 Å². The highest BCUT2D eigenvalue weighted by Crippen LogP contribution is 2.71. The van der Waals surface area contributed by atoms with Crippen molar-refractivity contribution >= 4 is 5.97 Å². The van der Waals surface area contributed by atoms with E-state index in [-0.39, 0.29) is 52.8 Å². The summed E-state index contributed by atoms with van der Waals surface area (Å²) in [4.78, 5) is 11.9. The molecule has 1 heterocycles. The van der Waals surface area contributed by atoms with Crippen molar-refractivity contribution < 1.29 is 44.9 Å². The lowest BCUT2D eigenvalue weighted by molar-refractivity contribution is -0.317. The summed E-state index contributed by atoms with van der Waals surface area (Å²) < 4.78 is 11.0. The van der Waals surface area contributed by atoms with E-state index in [1.54, 1.807) is 0 Å². The third kappa shape index (κ3) is 4.98. The molecule has 4 aliphatic carbocycles. The molecule has 15 atom stereocenters. The number of hydrogen-bond acceptors (Lipinski definition) is 10. The summed E-state index contributed by atoms with van der Waals surface area (Å²) in [7, 11) is 1.41. The molecule has 5 aliphatic rings. The van der Waals surface area contributed by atoms with E-state index in [9.17, 15) is 35.4 Å². The zero-order valence-corrected chi connectivity index (χ0v) is 25.1. The highest BCUT2D eigenvalue weighted by molar-refractivity contribution is 5.69. The second kappa shape index (κ2) is 10.9. The summed E-state index contributed by atoms with van der Waals surface area (Å²) in [5.41, 5.74) is 3.06. The molecular formula is C31H53NO9. The summed E-state index contributed by atoms with van der Waals surface area (Å²) >= 11 is 0. The number of fused-ring (bicyclic) bond motifs is 5. The SMILES string of the molecule is COC(=O)CC[C@@H](C)[C@H]1CC[C@H]2[C@H]3[C@H](CC[C@]12C)[C@@]1(C)CC[C@@](N)(O)CC1C[C@]3(O)[C@@H]1O[C@H](CO)[C@@H](O)[C@H](O)[C@H]1O. The number of carbonyl (C=O) groups is 1. The van der Waals surface area contributed by atoms with Crippen LogP contribution in [0.15, 0.2) is 0 Å². The molecule has 0 radical (unpaired) electrons. The smallest absolute Gasteiger partial charge is 0.305 e. The van der Waals surface area contributed by atoms with E-state index in [2.05, 4.69) is 20.8 Å². The van der Waals surface area contributed by atoms with Crippen LogP contribution in [0.4, 0.5) is 0 Å². The number of hydrogen-bond donors (Lipinski definition) is 7. The minimum atomic E-state index is -1.58. The van der Waals surface area contributed by atoms with Crippen molar-refractivity contribution in [1.29, 1.82) is 0 Å². The van der Waals surface area contributed by atoms with E-state index >= 15 is 0 Å². The second-order valence-corrected chi connectivity index (χ2v) is 15.0. The van der Waals surface area contributed by atoms with Gasteiger partial charge >= 0.3 is 5.97 Å². The van der Waals surface area contributed by atoms with Crippen LogP contribution >= 0.6 is 0 Å². The van der Waals surface area contributed by atoms with E-state index in [4.69, 9.17) is 15.2 Å². The lowest BCUT2D eigenvalue weighted by Crippen LogP contribution is -2.73. The molecule has 8 N–H and O–H groups in total. The van der Waals surface area contributed by atoms with Gasteiger partial charge in [-0.15, -0.1) is 0 Å². The van der Waals surface area contributed by atoms with E-state index in [0.717, 1.165) is 38.5 Å². The number of ether oxygens (including phenoxy) is 2. The maximum Gasteiger partial charge on any atom is 0.305 e. The molecule has 0 bridgehead atoms. The van der Waals surface area contributed by atoms with Crippen LogP contribution in [0.2, 0.25) is 0 Å².